The highest BCUT2D eigenvalue weighted by Crippen LogP contribution is 2.21. The molecule has 0 bridgehead atoms. The van der Waals surface area contributed by atoms with Crippen molar-refractivity contribution in [3.63, 3.8) is 0 Å². The summed E-state index contributed by atoms with van der Waals surface area (Å²) in [6, 6.07) is 12.9. The summed E-state index contributed by atoms with van der Waals surface area (Å²) in [6.45, 7) is 1.28. The van der Waals surface area contributed by atoms with E-state index in [1.807, 2.05) is 19.2 Å². The van der Waals surface area contributed by atoms with Crippen molar-refractivity contribution in [3.05, 3.63) is 63.9 Å². The number of ether oxygens (including phenoxy) is 1. The van der Waals surface area contributed by atoms with Crippen LogP contribution in [0.25, 0.3) is 0 Å². The Morgan fingerprint density at radius 1 is 1.11 bits per heavy atom. The first-order valence-electron chi connectivity index (χ1n) is 5.99. The molecular formula is C15H15BrFNO. The van der Waals surface area contributed by atoms with E-state index >= 15 is 0 Å². The fourth-order valence-electron chi connectivity index (χ4n) is 1.69. The smallest absolute Gasteiger partial charge is 0.141 e. The molecule has 0 radical (unpaired) electrons. The van der Waals surface area contributed by atoms with Crippen molar-refractivity contribution in [1.82, 2.24) is 5.32 Å². The van der Waals surface area contributed by atoms with Crippen LogP contribution < -0.4 is 10.1 Å². The number of hydrogen-bond acceptors (Lipinski definition) is 2. The van der Waals surface area contributed by atoms with Crippen LogP contribution in [0.2, 0.25) is 0 Å². The lowest BCUT2D eigenvalue weighted by Crippen LogP contribution is -2.05. The molecule has 19 heavy (non-hydrogen) atoms. The molecule has 0 saturated carbocycles. The number of rotatable bonds is 5. The minimum absolute atomic E-state index is 0.318. The van der Waals surface area contributed by atoms with Crippen LogP contribution in [-0.4, -0.2) is 7.05 Å². The van der Waals surface area contributed by atoms with Crippen LogP contribution in [-0.2, 0) is 13.2 Å². The van der Waals surface area contributed by atoms with Crippen molar-refractivity contribution in [2.45, 2.75) is 13.2 Å². The lowest BCUT2D eigenvalue weighted by Gasteiger charge is -2.08. The second kappa shape index (κ2) is 6.68. The standard InChI is InChI=1S/C15H15BrFNO/c1-18-9-11-2-4-12(5-3-11)10-19-13-6-7-14(16)15(17)8-13/h2-8,18H,9-10H2,1H3. The van der Waals surface area contributed by atoms with Gasteiger partial charge in [-0.05, 0) is 46.2 Å². The van der Waals surface area contributed by atoms with Gasteiger partial charge in [-0.25, -0.2) is 4.39 Å². The highest BCUT2D eigenvalue weighted by Gasteiger charge is 2.02. The topological polar surface area (TPSA) is 21.3 Å². The molecular weight excluding hydrogens is 309 g/mol. The maximum absolute atomic E-state index is 13.3. The molecule has 0 fully saturated rings. The minimum atomic E-state index is -0.318. The maximum Gasteiger partial charge on any atom is 0.141 e. The highest BCUT2D eigenvalue weighted by atomic mass is 79.9. The van der Waals surface area contributed by atoms with Gasteiger partial charge in [-0.15, -0.1) is 0 Å². The second-order valence-electron chi connectivity index (χ2n) is 4.21. The van der Waals surface area contributed by atoms with Gasteiger partial charge in [0.15, 0.2) is 0 Å². The summed E-state index contributed by atoms with van der Waals surface area (Å²) in [4.78, 5) is 0. The summed E-state index contributed by atoms with van der Waals surface area (Å²) in [5.74, 6) is 0.210. The molecule has 0 aliphatic heterocycles. The first-order valence-corrected chi connectivity index (χ1v) is 6.78. The molecule has 0 saturated heterocycles. The summed E-state index contributed by atoms with van der Waals surface area (Å²) in [6.07, 6.45) is 0. The summed E-state index contributed by atoms with van der Waals surface area (Å²) >= 11 is 3.11. The normalized spacial score (nSPS) is 10.5. The van der Waals surface area contributed by atoms with E-state index in [1.54, 1.807) is 12.1 Å². The van der Waals surface area contributed by atoms with E-state index in [-0.39, 0.29) is 5.82 Å². The van der Waals surface area contributed by atoms with Crippen LogP contribution in [0, 0.1) is 5.82 Å². The fourth-order valence-corrected chi connectivity index (χ4v) is 1.94. The zero-order valence-electron chi connectivity index (χ0n) is 10.6. The van der Waals surface area contributed by atoms with Crippen LogP contribution in [0.4, 0.5) is 4.39 Å². The molecule has 0 amide bonds. The van der Waals surface area contributed by atoms with Crippen LogP contribution in [0.1, 0.15) is 11.1 Å². The van der Waals surface area contributed by atoms with E-state index < -0.39 is 0 Å². The Morgan fingerprint density at radius 3 is 2.42 bits per heavy atom. The Hall–Kier alpha value is -1.39. The molecule has 0 spiro atoms. The van der Waals surface area contributed by atoms with Crippen LogP contribution >= 0.6 is 15.9 Å². The number of hydrogen-bond donors (Lipinski definition) is 1. The first kappa shape index (κ1) is 14.0. The molecule has 2 nitrogen and oxygen atoms in total. The van der Waals surface area contributed by atoms with Crippen LogP contribution in [0.3, 0.4) is 0 Å². The molecule has 2 aromatic carbocycles. The van der Waals surface area contributed by atoms with Crippen LogP contribution in [0.5, 0.6) is 5.75 Å². The largest absolute Gasteiger partial charge is 0.489 e. The first-order chi connectivity index (χ1) is 9.19. The van der Waals surface area contributed by atoms with Gasteiger partial charge >= 0.3 is 0 Å². The highest BCUT2D eigenvalue weighted by molar-refractivity contribution is 9.10. The van der Waals surface area contributed by atoms with Gasteiger partial charge in [0, 0.05) is 12.6 Å². The lowest BCUT2D eigenvalue weighted by molar-refractivity contribution is 0.304. The molecule has 0 heterocycles. The summed E-state index contributed by atoms with van der Waals surface area (Å²) in [5, 5.41) is 3.10. The summed E-state index contributed by atoms with van der Waals surface area (Å²) < 4.78 is 19.3. The Morgan fingerprint density at radius 2 is 1.79 bits per heavy atom. The van der Waals surface area contributed by atoms with E-state index in [4.69, 9.17) is 4.74 Å². The molecule has 0 aromatic heterocycles. The van der Waals surface area contributed by atoms with Crippen molar-refractivity contribution in [2.24, 2.45) is 0 Å². The Balaban J connectivity index is 1.96. The van der Waals surface area contributed by atoms with Gasteiger partial charge in [0.1, 0.15) is 18.2 Å². The third-order valence-electron chi connectivity index (χ3n) is 2.70. The molecule has 0 aliphatic rings. The van der Waals surface area contributed by atoms with Crippen molar-refractivity contribution < 1.29 is 9.13 Å². The van der Waals surface area contributed by atoms with Gasteiger partial charge in [0.25, 0.3) is 0 Å². The van der Waals surface area contributed by atoms with Gasteiger partial charge < -0.3 is 10.1 Å². The third-order valence-corrected chi connectivity index (χ3v) is 3.34. The lowest BCUT2D eigenvalue weighted by atomic mass is 10.1. The molecule has 2 rings (SSSR count). The van der Waals surface area contributed by atoms with Crippen LogP contribution in [0.15, 0.2) is 46.9 Å². The second-order valence-corrected chi connectivity index (χ2v) is 5.07. The predicted octanol–water partition coefficient (Wildman–Crippen LogP) is 3.89. The molecule has 4 heteroatoms. The predicted molar refractivity (Wildman–Crippen MR) is 77.6 cm³/mol. The maximum atomic E-state index is 13.3. The van der Waals surface area contributed by atoms with Gasteiger partial charge in [-0.3, -0.25) is 0 Å². The van der Waals surface area contributed by atoms with E-state index in [0.717, 1.165) is 12.1 Å². The Bertz CT molecular complexity index is 542. The van der Waals surface area contributed by atoms with Gasteiger partial charge in [-0.2, -0.15) is 0 Å². The van der Waals surface area contributed by atoms with Crippen molar-refractivity contribution in [2.75, 3.05) is 7.05 Å². The number of benzene rings is 2. The van der Waals surface area contributed by atoms with E-state index in [9.17, 15) is 4.39 Å². The number of nitrogens with one attached hydrogen (secondary N) is 1. The zero-order chi connectivity index (χ0) is 13.7. The Kier molecular flexibility index (Phi) is 4.93. The molecule has 1 N–H and O–H groups in total. The Labute approximate surface area is 120 Å². The fraction of sp³-hybridized carbons (Fsp3) is 0.200. The molecule has 0 atom stereocenters. The molecule has 0 unspecified atom stereocenters. The molecule has 0 aliphatic carbocycles. The quantitative estimate of drug-likeness (QED) is 0.901. The van der Waals surface area contributed by atoms with Gasteiger partial charge in [-0.1, -0.05) is 24.3 Å². The van der Waals surface area contributed by atoms with E-state index in [1.165, 1.54) is 11.6 Å². The minimum Gasteiger partial charge on any atom is -0.489 e. The van der Waals surface area contributed by atoms with E-state index in [0.29, 0.717) is 16.8 Å². The van der Waals surface area contributed by atoms with Gasteiger partial charge in [0.05, 0.1) is 4.47 Å². The van der Waals surface area contributed by atoms with Crippen molar-refractivity contribution >= 4 is 15.9 Å². The number of halogens is 2. The zero-order valence-corrected chi connectivity index (χ0v) is 12.2. The van der Waals surface area contributed by atoms with Crippen molar-refractivity contribution in [1.29, 1.82) is 0 Å². The monoisotopic (exact) mass is 323 g/mol. The molecule has 100 valence electrons. The summed E-state index contributed by atoms with van der Waals surface area (Å²) in [5.41, 5.74) is 2.28. The third kappa shape index (κ3) is 4.04. The van der Waals surface area contributed by atoms with Crippen molar-refractivity contribution in [3.8, 4) is 5.75 Å². The van der Waals surface area contributed by atoms with Gasteiger partial charge in [0.2, 0.25) is 0 Å². The summed E-state index contributed by atoms with van der Waals surface area (Å²) in [7, 11) is 1.92. The SMILES string of the molecule is CNCc1ccc(COc2ccc(Br)c(F)c2)cc1. The average Bonchev–Trinajstić information content (AvgIpc) is 2.42. The molecule has 2 aromatic rings. The average molecular weight is 324 g/mol. The van der Waals surface area contributed by atoms with E-state index in [2.05, 4.69) is 33.4 Å².